The summed E-state index contributed by atoms with van der Waals surface area (Å²) < 4.78 is 6.55. The fourth-order valence-corrected chi connectivity index (χ4v) is 1.84. The number of rotatable bonds is 4. The molecule has 0 aliphatic carbocycles. The largest absolute Gasteiger partial charge is 0.497 e. The van der Waals surface area contributed by atoms with E-state index in [1.165, 1.54) is 10.9 Å². The maximum atomic E-state index is 12.2. The molecule has 1 amide bonds. The predicted octanol–water partition coefficient (Wildman–Crippen LogP) is 1.32. The van der Waals surface area contributed by atoms with E-state index in [2.05, 4.69) is 10.4 Å². The van der Waals surface area contributed by atoms with Crippen molar-refractivity contribution in [2.75, 3.05) is 12.4 Å². The van der Waals surface area contributed by atoms with Crippen LogP contribution in [-0.2, 0) is 7.05 Å². The molecule has 0 atom stereocenters. The topological polar surface area (TPSA) is 82.2 Å². The first-order valence-electron chi connectivity index (χ1n) is 5.80. The lowest BCUT2D eigenvalue weighted by Crippen LogP contribution is -2.18. The smallest absolute Gasteiger partial charge is 0.256 e. The zero-order chi connectivity index (χ0) is 14.7. The van der Waals surface area contributed by atoms with Gasteiger partial charge in [-0.1, -0.05) is 12.2 Å². The molecular formula is C13H14N4O2S. The van der Waals surface area contributed by atoms with Gasteiger partial charge in [-0.25, -0.2) is 0 Å². The SMILES string of the molecule is COc1ccc(C(=O)Nc2c(C(N)=S)cnn2C)cc1. The monoisotopic (exact) mass is 290 g/mol. The molecule has 104 valence electrons. The van der Waals surface area contributed by atoms with Gasteiger partial charge in [-0.05, 0) is 24.3 Å². The van der Waals surface area contributed by atoms with Crippen molar-refractivity contribution in [1.29, 1.82) is 0 Å². The number of benzene rings is 1. The first-order chi connectivity index (χ1) is 9.52. The number of carbonyl (C=O) groups excluding carboxylic acids is 1. The molecule has 0 aliphatic heterocycles. The quantitative estimate of drug-likeness (QED) is 0.830. The van der Waals surface area contributed by atoms with Gasteiger partial charge in [-0.2, -0.15) is 5.10 Å². The molecule has 20 heavy (non-hydrogen) atoms. The van der Waals surface area contributed by atoms with Crippen LogP contribution in [-0.4, -0.2) is 27.8 Å². The lowest BCUT2D eigenvalue weighted by molar-refractivity contribution is 0.102. The molecule has 1 aromatic carbocycles. The number of carbonyl (C=O) groups is 1. The maximum absolute atomic E-state index is 12.2. The van der Waals surface area contributed by atoms with Crippen LogP contribution in [0, 0.1) is 0 Å². The highest BCUT2D eigenvalue weighted by atomic mass is 32.1. The number of aromatic nitrogens is 2. The van der Waals surface area contributed by atoms with Gasteiger partial charge in [0.2, 0.25) is 0 Å². The number of anilines is 1. The molecular weight excluding hydrogens is 276 g/mol. The fourth-order valence-electron chi connectivity index (χ4n) is 1.69. The number of hydrogen-bond donors (Lipinski definition) is 2. The summed E-state index contributed by atoms with van der Waals surface area (Å²) in [6.07, 6.45) is 1.52. The van der Waals surface area contributed by atoms with Crippen LogP contribution in [0.5, 0.6) is 5.75 Å². The average molecular weight is 290 g/mol. The fraction of sp³-hybridized carbons (Fsp3) is 0.154. The highest BCUT2D eigenvalue weighted by Crippen LogP contribution is 2.16. The summed E-state index contributed by atoms with van der Waals surface area (Å²) in [4.78, 5) is 12.3. The van der Waals surface area contributed by atoms with E-state index >= 15 is 0 Å². The van der Waals surface area contributed by atoms with Crippen molar-refractivity contribution in [3.8, 4) is 5.75 Å². The van der Waals surface area contributed by atoms with Crippen molar-refractivity contribution < 1.29 is 9.53 Å². The van der Waals surface area contributed by atoms with Crippen molar-refractivity contribution in [2.45, 2.75) is 0 Å². The number of thiocarbonyl (C=S) groups is 1. The molecule has 0 saturated heterocycles. The zero-order valence-corrected chi connectivity index (χ0v) is 11.9. The second kappa shape index (κ2) is 5.70. The molecule has 2 aromatic rings. The highest BCUT2D eigenvalue weighted by Gasteiger charge is 2.14. The van der Waals surface area contributed by atoms with Crippen molar-refractivity contribution in [3.05, 3.63) is 41.6 Å². The first kappa shape index (κ1) is 14.0. The Morgan fingerprint density at radius 2 is 2.05 bits per heavy atom. The maximum Gasteiger partial charge on any atom is 0.256 e. The van der Waals surface area contributed by atoms with Crippen LogP contribution in [0.4, 0.5) is 5.82 Å². The van der Waals surface area contributed by atoms with Crippen LogP contribution < -0.4 is 15.8 Å². The molecule has 6 nitrogen and oxygen atoms in total. The Morgan fingerprint density at radius 1 is 1.40 bits per heavy atom. The lowest BCUT2D eigenvalue weighted by atomic mass is 10.2. The molecule has 0 spiro atoms. The number of amides is 1. The average Bonchev–Trinajstić information content (AvgIpc) is 2.80. The summed E-state index contributed by atoms with van der Waals surface area (Å²) in [5.41, 5.74) is 6.62. The Morgan fingerprint density at radius 3 is 2.60 bits per heavy atom. The van der Waals surface area contributed by atoms with Gasteiger partial charge in [-0.15, -0.1) is 0 Å². The van der Waals surface area contributed by atoms with E-state index in [0.717, 1.165) is 0 Å². The van der Waals surface area contributed by atoms with Gasteiger partial charge in [0.1, 0.15) is 16.6 Å². The van der Waals surface area contributed by atoms with Gasteiger partial charge < -0.3 is 15.8 Å². The Labute approximate surface area is 121 Å². The van der Waals surface area contributed by atoms with E-state index in [9.17, 15) is 4.79 Å². The minimum atomic E-state index is -0.270. The number of nitrogens with zero attached hydrogens (tertiary/aromatic N) is 2. The number of ether oxygens (including phenoxy) is 1. The normalized spacial score (nSPS) is 10.1. The van der Waals surface area contributed by atoms with E-state index in [1.54, 1.807) is 38.4 Å². The second-order valence-electron chi connectivity index (χ2n) is 4.08. The van der Waals surface area contributed by atoms with Gasteiger partial charge >= 0.3 is 0 Å². The first-order valence-corrected chi connectivity index (χ1v) is 6.21. The van der Waals surface area contributed by atoms with Gasteiger partial charge in [0.25, 0.3) is 5.91 Å². The summed E-state index contributed by atoms with van der Waals surface area (Å²) in [5, 5.41) is 6.77. The minimum Gasteiger partial charge on any atom is -0.497 e. The Bertz CT molecular complexity index is 649. The predicted molar refractivity (Wildman–Crippen MR) is 80.0 cm³/mol. The van der Waals surface area contributed by atoms with E-state index < -0.39 is 0 Å². The molecule has 1 aromatic heterocycles. The second-order valence-corrected chi connectivity index (χ2v) is 4.52. The van der Waals surface area contributed by atoms with Gasteiger partial charge in [-0.3, -0.25) is 9.48 Å². The highest BCUT2D eigenvalue weighted by molar-refractivity contribution is 7.80. The van der Waals surface area contributed by atoms with Gasteiger partial charge in [0, 0.05) is 12.6 Å². The van der Waals surface area contributed by atoms with Crippen LogP contribution in [0.25, 0.3) is 0 Å². The van der Waals surface area contributed by atoms with E-state index in [4.69, 9.17) is 22.7 Å². The zero-order valence-electron chi connectivity index (χ0n) is 11.1. The molecule has 2 rings (SSSR count). The van der Waals surface area contributed by atoms with Gasteiger partial charge in [0.05, 0.1) is 18.9 Å². The van der Waals surface area contributed by atoms with Crippen LogP contribution in [0.15, 0.2) is 30.5 Å². The van der Waals surface area contributed by atoms with E-state index in [0.29, 0.717) is 22.7 Å². The van der Waals surface area contributed by atoms with Crippen molar-refractivity contribution >= 4 is 28.9 Å². The third kappa shape index (κ3) is 2.77. The molecule has 0 aliphatic rings. The summed E-state index contributed by atoms with van der Waals surface area (Å²) in [7, 11) is 3.27. The number of nitrogens with one attached hydrogen (secondary N) is 1. The molecule has 3 N–H and O–H groups in total. The van der Waals surface area contributed by atoms with E-state index in [1.807, 2.05) is 0 Å². The standard InChI is InChI=1S/C13H14N4O2S/c1-17-12(10(7-15-17)11(14)20)16-13(18)8-3-5-9(19-2)6-4-8/h3-7H,1-2H3,(H2,14,20)(H,16,18). The van der Waals surface area contributed by atoms with Crippen molar-refractivity contribution in [3.63, 3.8) is 0 Å². The van der Waals surface area contributed by atoms with Crippen LogP contribution in [0.2, 0.25) is 0 Å². The summed E-state index contributed by atoms with van der Waals surface area (Å²) in [6.45, 7) is 0. The Kier molecular flexibility index (Phi) is 3.99. The molecule has 0 fully saturated rings. The number of hydrogen-bond acceptors (Lipinski definition) is 4. The summed E-state index contributed by atoms with van der Waals surface area (Å²) >= 11 is 4.92. The van der Waals surface area contributed by atoms with Crippen LogP contribution >= 0.6 is 12.2 Å². The van der Waals surface area contributed by atoms with Crippen molar-refractivity contribution in [1.82, 2.24) is 9.78 Å². The Hall–Kier alpha value is -2.41. The van der Waals surface area contributed by atoms with Crippen molar-refractivity contribution in [2.24, 2.45) is 12.8 Å². The lowest BCUT2D eigenvalue weighted by Gasteiger charge is -2.08. The number of methoxy groups -OCH3 is 1. The molecule has 0 saturated carbocycles. The van der Waals surface area contributed by atoms with Gasteiger partial charge in [0.15, 0.2) is 0 Å². The minimum absolute atomic E-state index is 0.183. The summed E-state index contributed by atoms with van der Waals surface area (Å²) in [6, 6.07) is 6.77. The molecule has 0 bridgehead atoms. The molecule has 1 heterocycles. The Balaban J connectivity index is 2.23. The number of nitrogens with two attached hydrogens (primary N) is 1. The van der Waals surface area contributed by atoms with E-state index in [-0.39, 0.29) is 10.9 Å². The molecule has 0 radical (unpaired) electrons. The van der Waals surface area contributed by atoms with Crippen LogP contribution in [0.3, 0.4) is 0 Å². The third-order valence-electron chi connectivity index (χ3n) is 2.79. The molecule has 0 unspecified atom stereocenters. The molecule has 7 heteroatoms. The summed E-state index contributed by atoms with van der Waals surface area (Å²) in [5.74, 6) is 0.887. The van der Waals surface area contributed by atoms with Crippen LogP contribution in [0.1, 0.15) is 15.9 Å². The third-order valence-corrected chi connectivity index (χ3v) is 3.01. The number of aryl methyl sites for hydroxylation is 1.